The van der Waals surface area contributed by atoms with Crippen molar-refractivity contribution in [1.29, 1.82) is 0 Å². The van der Waals surface area contributed by atoms with Crippen molar-refractivity contribution in [1.82, 2.24) is 9.80 Å². The van der Waals surface area contributed by atoms with E-state index in [1.54, 1.807) is 0 Å². The summed E-state index contributed by atoms with van der Waals surface area (Å²) >= 11 is 3.50. The Hall–Kier alpha value is -1.20. The first-order valence-corrected chi connectivity index (χ1v) is 9.33. The van der Waals surface area contributed by atoms with Crippen LogP contribution in [0.1, 0.15) is 17.5 Å². The summed E-state index contributed by atoms with van der Waals surface area (Å²) in [6.45, 7) is 4.78. The van der Waals surface area contributed by atoms with E-state index in [-0.39, 0.29) is 5.54 Å². The molecule has 1 saturated heterocycles. The zero-order valence-corrected chi connectivity index (χ0v) is 15.9. The fraction of sp³-hybridized carbons (Fsp3) is 0.400. The lowest BCUT2D eigenvalue weighted by Gasteiger charge is -2.38. The van der Waals surface area contributed by atoms with Gasteiger partial charge in [0.25, 0.3) is 0 Å². The Morgan fingerprint density at radius 3 is 2.46 bits per heavy atom. The van der Waals surface area contributed by atoms with Gasteiger partial charge in [-0.1, -0.05) is 58.4 Å². The van der Waals surface area contributed by atoms with Gasteiger partial charge in [0.15, 0.2) is 0 Å². The van der Waals surface area contributed by atoms with Gasteiger partial charge in [-0.25, -0.2) is 0 Å². The summed E-state index contributed by atoms with van der Waals surface area (Å²) in [5.41, 5.74) is 9.00. The average Bonchev–Trinajstić information content (AvgIpc) is 3.02. The Morgan fingerprint density at radius 2 is 1.79 bits per heavy atom. The second-order valence-corrected chi connectivity index (χ2v) is 7.77. The van der Waals surface area contributed by atoms with Gasteiger partial charge in [-0.05, 0) is 36.7 Å². The highest BCUT2D eigenvalue weighted by Gasteiger charge is 2.40. The average molecular weight is 388 g/mol. The molecule has 0 bridgehead atoms. The van der Waals surface area contributed by atoms with Gasteiger partial charge in [0.2, 0.25) is 0 Å². The van der Waals surface area contributed by atoms with E-state index in [9.17, 15) is 0 Å². The Bertz CT molecular complexity index is 644. The van der Waals surface area contributed by atoms with E-state index in [2.05, 4.69) is 87.4 Å². The van der Waals surface area contributed by atoms with Crippen LogP contribution in [0.5, 0.6) is 0 Å². The summed E-state index contributed by atoms with van der Waals surface area (Å²) in [6, 6.07) is 19.3. The van der Waals surface area contributed by atoms with Crippen molar-refractivity contribution >= 4 is 15.9 Å². The van der Waals surface area contributed by atoms with Crippen molar-refractivity contribution in [3.63, 3.8) is 0 Å². The predicted octanol–water partition coefficient (Wildman–Crippen LogP) is 3.48. The highest BCUT2D eigenvalue weighted by Crippen LogP contribution is 2.29. The number of benzene rings is 2. The van der Waals surface area contributed by atoms with Gasteiger partial charge in [-0.2, -0.15) is 0 Å². The molecule has 2 aromatic rings. The molecular weight excluding hydrogens is 362 g/mol. The van der Waals surface area contributed by atoms with E-state index < -0.39 is 0 Å². The number of nitrogens with zero attached hydrogens (tertiary/aromatic N) is 2. The summed E-state index contributed by atoms with van der Waals surface area (Å²) in [4.78, 5) is 4.97. The number of likely N-dealkylation sites (N-methyl/N-ethyl adjacent to an activating group) is 1. The molecule has 4 heteroatoms. The summed E-state index contributed by atoms with van der Waals surface area (Å²) in [6.07, 6.45) is 1.13. The largest absolute Gasteiger partial charge is 0.329 e. The van der Waals surface area contributed by atoms with Crippen molar-refractivity contribution in [2.45, 2.75) is 25.0 Å². The molecule has 1 aliphatic heterocycles. The van der Waals surface area contributed by atoms with Crippen LogP contribution in [0.2, 0.25) is 0 Å². The smallest absolute Gasteiger partial charge is 0.0471 e. The minimum atomic E-state index is 0.0713. The molecule has 3 nitrogen and oxygen atoms in total. The zero-order valence-electron chi connectivity index (χ0n) is 14.3. The van der Waals surface area contributed by atoms with Crippen molar-refractivity contribution in [2.24, 2.45) is 5.73 Å². The lowest BCUT2D eigenvalue weighted by molar-refractivity contribution is 0.120. The third-order valence-corrected chi connectivity index (χ3v) is 5.71. The van der Waals surface area contributed by atoms with E-state index in [1.807, 2.05) is 0 Å². The Balaban J connectivity index is 1.65. The second-order valence-electron chi connectivity index (χ2n) is 6.86. The Kier molecular flexibility index (Phi) is 5.72. The first-order chi connectivity index (χ1) is 11.6. The molecule has 1 aliphatic rings. The van der Waals surface area contributed by atoms with Crippen molar-refractivity contribution in [3.8, 4) is 0 Å². The number of likely N-dealkylation sites (tertiary alicyclic amines) is 1. The number of rotatable bonds is 6. The number of hydrogen-bond acceptors (Lipinski definition) is 3. The summed E-state index contributed by atoms with van der Waals surface area (Å²) in [5.74, 6) is 0. The molecule has 1 fully saturated rings. The summed E-state index contributed by atoms with van der Waals surface area (Å²) in [7, 11) is 2.21. The van der Waals surface area contributed by atoms with Crippen LogP contribution >= 0.6 is 15.9 Å². The van der Waals surface area contributed by atoms with E-state index >= 15 is 0 Å². The lowest BCUT2D eigenvalue weighted by Crippen LogP contribution is -2.53. The van der Waals surface area contributed by atoms with Crippen LogP contribution in [-0.2, 0) is 13.1 Å². The molecule has 1 heterocycles. The van der Waals surface area contributed by atoms with E-state index in [1.165, 1.54) is 11.1 Å². The van der Waals surface area contributed by atoms with Crippen LogP contribution in [0.15, 0.2) is 59.1 Å². The van der Waals surface area contributed by atoms with Crippen LogP contribution in [0.25, 0.3) is 0 Å². The molecule has 128 valence electrons. The maximum absolute atomic E-state index is 6.23. The van der Waals surface area contributed by atoms with Crippen LogP contribution in [0, 0.1) is 0 Å². The fourth-order valence-electron chi connectivity index (χ4n) is 3.58. The van der Waals surface area contributed by atoms with Crippen LogP contribution < -0.4 is 5.73 Å². The summed E-state index contributed by atoms with van der Waals surface area (Å²) < 4.78 is 1.12. The van der Waals surface area contributed by atoms with Crippen LogP contribution in [0.4, 0.5) is 0 Å². The summed E-state index contributed by atoms with van der Waals surface area (Å²) in [5, 5.41) is 0. The third kappa shape index (κ3) is 4.06. The molecule has 2 N–H and O–H groups in total. The first-order valence-electron chi connectivity index (χ1n) is 8.53. The molecular formula is C20H26BrN3. The van der Waals surface area contributed by atoms with Gasteiger partial charge in [-0.3, -0.25) is 9.80 Å². The zero-order chi connectivity index (χ0) is 17.0. The SMILES string of the molecule is CN(Cc1ccc(Br)cc1)C1(CN)CCN(Cc2ccccc2)C1. The molecule has 1 unspecified atom stereocenters. The fourth-order valence-corrected chi connectivity index (χ4v) is 3.85. The van der Waals surface area contributed by atoms with Crippen molar-refractivity contribution in [2.75, 3.05) is 26.7 Å². The van der Waals surface area contributed by atoms with E-state index in [4.69, 9.17) is 5.73 Å². The molecule has 24 heavy (non-hydrogen) atoms. The molecule has 0 saturated carbocycles. The highest BCUT2D eigenvalue weighted by atomic mass is 79.9. The normalized spacial score (nSPS) is 21.5. The molecule has 0 spiro atoms. The minimum absolute atomic E-state index is 0.0713. The molecule has 0 aliphatic carbocycles. The molecule has 1 atom stereocenters. The van der Waals surface area contributed by atoms with Crippen LogP contribution in [-0.4, -0.2) is 42.0 Å². The van der Waals surface area contributed by atoms with Gasteiger partial charge < -0.3 is 5.73 Å². The quantitative estimate of drug-likeness (QED) is 0.823. The molecule has 0 aromatic heterocycles. The molecule has 0 amide bonds. The van der Waals surface area contributed by atoms with Gasteiger partial charge in [0.1, 0.15) is 0 Å². The second kappa shape index (κ2) is 7.79. The monoisotopic (exact) mass is 387 g/mol. The topological polar surface area (TPSA) is 32.5 Å². The lowest BCUT2D eigenvalue weighted by atomic mass is 9.96. The number of halogens is 1. The van der Waals surface area contributed by atoms with Gasteiger partial charge in [-0.15, -0.1) is 0 Å². The van der Waals surface area contributed by atoms with E-state index in [0.29, 0.717) is 6.54 Å². The van der Waals surface area contributed by atoms with Gasteiger partial charge in [0, 0.05) is 42.7 Å². The highest BCUT2D eigenvalue weighted by molar-refractivity contribution is 9.10. The third-order valence-electron chi connectivity index (χ3n) is 5.18. The predicted molar refractivity (Wildman–Crippen MR) is 104 cm³/mol. The van der Waals surface area contributed by atoms with Crippen LogP contribution in [0.3, 0.4) is 0 Å². The number of hydrogen-bond donors (Lipinski definition) is 1. The minimum Gasteiger partial charge on any atom is -0.329 e. The maximum atomic E-state index is 6.23. The molecule has 2 aromatic carbocycles. The van der Waals surface area contributed by atoms with Crippen molar-refractivity contribution in [3.05, 3.63) is 70.2 Å². The molecule has 3 rings (SSSR count). The number of nitrogens with two attached hydrogens (primary N) is 1. The van der Waals surface area contributed by atoms with Gasteiger partial charge in [0.05, 0.1) is 0 Å². The van der Waals surface area contributed by atoms with Gasteiger partial charge >= 0.3 is 0 Å². The van der Waals surface area contributed by atoms with E-state index in [0.717, 1.165) is 37.1 Å². The maximum Gasteiger partial charge on any atom is 0.0471 e. The molecule has 0 radical (unpaired) electrons. The standard InChI is InChI=1S/C20H26BrN3/c1-23(13-18-7-9-19(21)10-8-18)20(15-22)11-12-24(16-20)14-17-5-3-2-4-6-17/h2-10H,11-16,22H2,1H3. The first kappa shape index (κ1) is 17.6. The Morgan fingerprint density at radius 1 is 1.08 bits per heavy atom. The van der Waals surface area contributed by atoms with Crippen molar-refractivity contribution < 1.29 is 0 Å². The Labute approximate surface area is 153 Å².